The number of ether oxygens (including phenoxy) is 1. The van der Waals surface area contributed by atoms with Crippen LogP contribution < -0.4 is 0 Å². The van der Waals surface area contributed by atoms with Crippen LogP contribution >= 0.6 is 0 Å². The Balaban J connectivity index is 3.98. The fraction of sp³-hybridized carbons (Fsp3) is 0.727. The van der Waals surface area contributed by atoms with E-state index in [9.17, 15) is 4.79 Å². The molecule has 82 valence electrons. The minimum atomic E-state index is -0.226. The molecule has 3 nitrogen and oxygen atoms in total. The molecule has 0 spiro atoms. The summed E-state index contributed by atoms with van der Waals surface area (Å²) in [6, 6.07) is 0. The lowest BCUT2D eigenvalue weighted by Crippen LogP contribution is -2.04. The molecule has 0 aliphatic heterocycles. The Morgan fingerprint density at radius 2 is 2.14 bits per heavy atom. The number of hydrogen-bond donors (Lipinski definition) is 1. The van der Waals surface area contributed by atoms with Gasteiger partial charge in [0.1, 0.15) is 0 Å². The molecular weight excluding hydrogens is 180 g/mol. The monoisotopic (exact) mass is 200 g/mol. The van der Waals surface area contributed by atoms with Crippen LogP contribution in [-0.4, -0.2) is 24.8 Å². The average Bonchev–Trinajstić information content (AvgIpc) is 2.21. The maximum atomic E-state index is 11.2. The fourth-order valence-electron chi connectivity index (χ4n) is 1.22. The molecule has 0 fully saturated rings. The topological polar surface area (TPSA) is 46.5 Å². The number of allylic oxidation sites excluding steroid dienone is 1. The first-order chi connectivity index (χ1) is 6.76. The molecule has 0 atom stereocenters. The summed E-state index contributed by atoms with van der Waals surface area (Å²) in [6.07, 6.45) is 6.18. The summed E-state index contributed by atoms with van der Waals surface area (Å²) >= 11 is 0. The third kappa shape index (κ3) is 5.75. The SMILES string of the molecule is CCCC(=CCCCCO)C(=O)OC. The number of aliphatic hydroxyl groups is 1. The number of methoxy groups -OCH3 is 1. The second-order valence-electron chi connectivity index (χ2n) is 3.19. The number of carbonyl (C=O) groups excluding carboxylic acids is 1. The standard InChI is InChI=1S/C11H20O3/c1-3-7-10(11(13)14-2)8-5-4-6-9-12/h8,12H,3-7,9H2,1-2H3. The molecule has 0 aliphatic rings. The van der Waals surface area contributed by atoms with E-state index in [0.717, 1.165) is 37.7 Å². The molecule has 0 aromatic rings. The van der Waals surface area contributed by atoms with Crippen LogP contribution in [0.5, 0.6) is 0 Å². The molecule has 0 unspecified atom stereocenters. The Bertz CT molecular complexity index is 185. The van der Waals surface area contributed by atoms with Crippen molar-refractivity contribution in [2.45, 2.75) is 39.0 Å². The van der Waals surface area contributed by atoms with Crippen molar-refractivity contribution < 1.29 is 14.6 Å². The largest absolute Gasteiger partial charge is 0.466 e. The van der Waals surface area contributed by atoms with Crippen LogP contribution in [0.15, 0.2) is 11.6 Å². The molecule has 0 heterocycles. The van der Waals surface area contributed by atoms with Gasteiger partial charge in [-0.1, -0.05) is 19.4 Å². The van der Waals surface area contributed by atoms with E-state index in [4.69, 9.17) is 5.11 Å². The van der Waals surface area contributed by atoms with Crippen LogP contribution in [0.3, 0.4) is 0 Å². The van der Waals surface area contributed by atoms with E-state index in [1.54, 1.807) is 0 Å². The normalized spacial score (nSPS) is 11.5. The zero-order chi connectivity index (χ0) is 10.8. The lowest BCUT2D eigenvalue weighted by molar-refractivity contribution is -0.136. The van der Waals surface area contributed by atoms with Crippen molar-refractivity contribution in [2.75, 3.05) is 13.7 Å². The highest BCUT2D eigenvalue weighted by Crippen LogP contribution is 2.09. The van der Waals surface area contributed by atoms with E-state index < -0.39 is 0 Å². The predicted octanol–water partition coefficient (Wildman–Crippen LogP) is 2.05. The molecular formula is C11H20O3. The highest BCUT2D eigenvalue weighted by molar-refractivity contribution is 5.88. The van der Waals surface area contributed by atoms with E-state index in [-0.39, 0.29) is 12.6 Å². The van der Waals surface area contributed by atoms with Gasteiger partial charge >= 0.3 is 5.97 Å². The van der Waals surface area contributed by atoms with Crippen LogP contribution in [0.2, 0.25) is 0 Å². The van der Waals surface area contributed by atoms with E-state index in [1.807, 2.05) is 13.0 Å². The van der Waals surface area contributed by atoms with Gasteiger partial charge < -0.3 is 9.84 Å². The lowest BCUT2D eigenvalue weighted by atomic mass is 10.1. The van der Waals surface area contributed by atoms with Gasteiger partial charge in [-0.25, -0.2) is 4.79 Å². The molecule has 14 heavy (non-hydrogen) atoms. The number of carbonyl (C=O) groups is 1. The summed E-state index contributed by atoms with van der Waals surface area (Å²) in [7, 11) is 1.40. The highest BCUT2D eigenvalue weighted by Gasteiger charge is 2.06. The minimum Gasteiger partial charge on any atom is -0.466 e. The second kappa shape index (κ2) is 8.75. The summed E-state index contributed by atoms with van der Waals surface area (Å²) < 4.78 is 4.67. The smallest absolute Gasteiger partial charge is 0.333 e. The van der Waals surface area contributed by atoms with Crippen LogP contribution in [0.1, 0.15) is 39.0 Å². The molecule has 0 bridgehead atoms. The molecule has 0 amide bonds. The maximum Gasteiger partial charge on any atom is 0.333 e. The van der Waals surface area contributed by atoms with E-state index in [0.29, 0.717) is 0 Å². The number of hydrogen-bond acceptors (Lipinski definition) is 3. The summed E-state index contributed by atoms with van der Waals surface area (Å²) in [5.41, 5.74) is 0.757. The molecule has 0 aromatic carbocycles. The van der Waals surface area contributed by atoms with Crippen LogP contribution in [-0.2, 0) is 9.53 Å². The molecule has 1 N–H and O–H groups in total. The predicted molar refractivity (Wildman–Crippen MR) is 55.9 cm³/mol. The molecule has 3 heteroatoms. The van der Waals surface area contributed by atoms with Gasteiger partial charge in [0.2, 0.25) is 0 Å². The lowest BCUT2D eigenvalue weighted by Gasteiger charge is -2.03. The summed E-state index contributed by atoms with van der Waals surface area (Å²) in [4.78, 5) is 11.2. The molecule has 0 rings (SSSR count). The van der Waals surface area contributed by atoms with Crippen molar-refractivity contribution >= 4 is 5.97 Å². The van der Waals surface area contributed by atoms with Crippen molar-refractivity contribution in [2.24, 2.45) is 0 Å². The van der Waals surface area contributed by atoms with E-state index in [2.05, 4.69) is 4.74 Å². The Morgan fingerprint density at radius 3 is 2.64 bits per heavy atom. The quantitative estimate of drug-likeness (QED) is 0.388. The molecule has 0 aliphatic carbocycles. The fourth-order valence-corrected chi connectivity index (χ4v) is 1.22. The molecule has 0 saturated carbocycles. The molecule has 0 saturated heterocycles. The first-order valence-corrected chi connectivity index (χ1v) is 5.14. The minimum absolute atomic E-state index is 0.217. The number of aliphatic hydroxyl groups excluding tert-OH is 1. The third-order valence-corrected chi connectivity index (χ3v) is 1.97. The van der Waals surface area contributed by atoms with Gasteiger partial charge in [0.05, 0.1) is 7.11 Å². The van der Waals surface area contributed by atoms with Crippen molar-refractivity contribution in [1.82, 2.24) is 0 Å². The van der Waals surface area contributed by atoms with Crippen molar-refractivity contribution in [3.05, 3.63) is 11.6 Å². The second-order valence-corrected chi connectivity index (χ2v) is 3.19. The molecule has 0 aromatic heterocycles. The van der Waals surface area contributed by atoms with Gasteiger partial charge in [0.15, 0.2) is 0 Å². The first-order valence-electron chi connectivity index (χ1n) is 5.14. The van der Waals surface area contributed by atoms with Crippen molar-refractivity contribution in [3.63, 3.8) is 0 Å². The van der Waals surface area contributed by atoms with Gasteiger partial charge in [-0.15, -0.1) is 0 Å². The van der Waals surface area contributed by atoms with Gasteiger partial charge in [0.25, 0.3) is 0 Å². The van der Waals surface area contributed by atoms with Gasteiger partial charge in [-0.2, -0.15) is 0 Å². The van der Waals surface area contributed by atoms with Crippen LogP contribution in [0, 0.1) is 0 Å². The number of unbranched alkanes of at least 4 members (excludes halogenated alkanes) is 2. The van der Waals surface area contributed by atoms with E-state index in [1.165, 1.54) is 7.11 Å². The highest BCUT2D eigenvalue weighted by atomic mass is 16.5. The van der Waals surface area contributed by atoms with Crippen molar-refractivity contribution in [3.8, 4) is 0 Å². The Hall–Kier alpha value is -0.830. The van der Waals surface area contributed by atoms with Gasteiger partial charge in [-0.3, -0.25) is 0 Å². The average molecular weight is 200 g/mol. The Labute approximate surface area is 85.8 Å². The summed E-state index contributed by atoms with van der Waals surface area (Å²) in [6.45, 7) is 2.25. The van der Waals surface area contributed by atoms with Gasteiger partial charge in [-0.05, 0) is 25.7 Å². The Kier molecular flexibility index (Phi) is 8.24. The third-order valence-electron chi connectivity index (χ3n) is 1.97. The number of esters is 1. The van der Waals surface area contributed by atoms with Gasteiger partial charge in [0, 0.05) is 12.2 Å². The maximum absolute atomic E-state index is 11.2. The summed E-state index contributed by atoms with van der Waals surface area (Å²) in [5.74, 6) is -0.226. The zero-order valence-electron chi connectivity index (χ0n) is 9.08. The van der Waals surface area contributed by atoms with Crippen molar-refractivity contribution in [1.29, 1.82) is 0 Å². The molecule has 0 radical (unpaired) electrons. The van der Waals surface area contributed by atoms with Crippen LogP contribution in [0.25, 0.3) is 0 Å². The summed E-state index contributed by atoms with van der Waals surface area (Å²) in [5, 5.41) is 8.58. The zero-order valence-corrected chi connectivity index (χ0v) is 9.08. The van der Waals surface area contributed by atoms with E-state index >= 15 is 0 Å². The van der Waals surface area contributed by atoms with Crippen LogP contribution in [0.4, 0.5) is 0 Å². The Morgan fingerprint density at radius 1 is 1.43 bits per heavy atom. The number of rotatable bonds is 7. The first kappa shape index (κ1) is 13.2.